The molecule has 2 unspecified atom stereocenters. The summed E-state index contributed by atoms with van der Waals surface area (Å²) < 4.78 is 11.6. The third-order valence-electron chi connectivity index (χ3n) is 2.47. The van der Waals surface area contributed by atoms with Gasteiger partial charge in [0.2, 0.25) is 0 Å². The molecule has 1 rings (SSSR count). The van der Waals surface area contributed by atoms with Crippen LogP contribution in [-0.2, 0) is 10.8 Å². The Bertz CT molecular complexity index is 356. The lowest BCUT2D eigenvalue weighted by molar-refractivity contribution is 0.674. The molecule has 2 nitrogen and oxygen atoms in total. The van der Waals surface area contributed by atoms with E-state index >= 15 is 0 Å². The van der Waals surface area contributed by atoms with E-state index in [2.05, 4.69) is 32.0 Å². The summed E-state index contributed by atoms with van der Waals surface area (Å²) in [5.41, 5.74) is 9.60. The lowest BCUT2D eigenvalue weighted by Gasteiger charge is -2.13. The monoisotopic (exact) mass is 239 g/mol. The van der Waals surface area contributed by atoms with Gasteiger partial charge in [-0.15, -0.1) is 0 Å². The maximum Gasteiger partial charge on any atom is 0.0428 e. The molecule has 0 saturated carbocycles. The summed E-state index contributed by atoms with van der Waals surface area (Å²) in [4.78, 5) is 0. The Hall–Kier alpha value is -0.670. The van der Waals surface area contributed by atoms with Crippen molar-refractivity contribution in [1.82, 2.24) is 0 Å². The van der Waals surface area contributed by atoms with E-state index in [0.717, 1.165) is 17.7 Å². The van der Waals surface area contributed by atoms with Crippen LogP contribution in [0, 0.1) is 13.8 Å². The van der Waals surface area contributed by atoms with Crippen molar-refractivity contribution >= 4 is 10.8 Å². The molecule has 0 amide bonds. The fraction of sp³-hybridized carbons (Fsp3) is 0.538. The second-order valence-corrected chi connectivity index (χ2v) is 5.96. The van der Waals surface area contributed by atoms with Crippen LogP contribution in [0.2, 0.25) is 0 Å². The van der Waals surface area contributed by atoms with E-state index in [1.54, 1.807) is 0 Å². The van der Waals surface area contributed by atoms with Crippen molar-refractivity contribution in [2.75, 3.05) is 11.5 Å². The minimum Gasteiger partial charge on any atom is -0.323 e. The molecule has 0 heterocycles. The summed E-state index contributed by atoms with van der Waals surface area (Å²) in [7, 11) is -0.789. The third-order valence-corrected chi connectivity index (χ3v) is 4.06. The van der Waals surface area contributed by atoms with Gasteiger partial charge in [-0.05, 0) is 25.8 Å². The maximum absolute atomic E-state index is 11.6. The van der Waals surface area contributed by atoms with Crippen molar-refractivity contribution in [3.05, 3.63) is 34.9 Å². The van der Waals surface area contributed by atoms with E-state index in [1.165, 1.54) is 11.1 Å². The van der Waals surface area contributed by atoms with E-state index in [-0.39, 0.29) is 6.04 Å². The standard InChI is InChI=1S/C13H21NOS/c1-4-5-16(15)9-13(14)12-7-10(2)6-11(3)8-12/h6-8,13H,4-5,9,14H2,1-3H3. The first kappa shape index (κ1) is 13.4. The quantitative estimate of drug-likeness (QED) is 0.857. The Morgan fingerprint density at radius 2 is 1.81 bits per heavy atom. The first-order valence-electron chi connectivity index (χ1n) is 5.71. The molecule has 2 N–H and O–H groups in total. The first-order valence-corrected chi connectivity index (χ1v) is 7.20. The first-order chi connectivity index (χ1) is 7.52. The van der Waals surface area contributed by atoms with Crippen LogP contribution in [0.5, 0.6) is 0 Å². The molecular formula is C13H21NOS. The molecule has 0 aliphatic carbocycles. The third kappa shape index (κ3) is 4.06. The van der Waals surface area contributed by atoms with Crippen molar-refractivity contribution in [3.8, 4) is 0 Å². The summed E-state index contributed by atoms with van der Waals surface area (Å²) >= 11 is 0. The molecule has 2 atom stereocenters. The summed E-state index contributed by atoms with van der Waals surface area (Å²) in [5, 5.41) is 0. The predicted octanol–water partition coefficient (Wildman–Crippen LogP) is 2.46. The van der Waals surface area contributed by atoms with Crippen molar-refractivity contribution in [3.63, 3.8) is 0 Å². The lowest BCUT2D eigenvalue weighted by atomic mass is 10.0. The number of rotatable bonds is 5. The number of benzene rings is 1. The molecule has 0 radical (unpaired) electrons. The van der Waals surface area contributed by atoms with Gasteiger partial charge in [0, 0.05) is 28.3 Å². The smallest absolute Gasteiger partial charge is 0.0428 e. The molecule has 0 bridgehead atoms. The van der Waals surface area contributed by atoms with E-state index in [1.807, 2.05) is 6.92 Å². The average molecular weight is 239 g/mol. The lowest BCUT2D eigenvalue weighted by Crippen LogP contribution is -2.19. The molecule has 0 saturated heterocycles. The fourth-order valence-electron chi connectivity index (χ4n) is 1.83. The van der Waals surface area contributed by atoms with Gasteiger partial charge in [-0.25, -0.2) is 0 Å². The van der Waals surface area contributed by atoms with E-state index in [9.17, 15) is 4.21 Å². The molecule has 16 heavy (non-hydrogen) atoms. The van der Waals surface area contributed by atoms with Gasteiger partial charge in [0.1, 0.15) is 0 Å². The Labute approximate surface area is 101 Å². The summed E-state index contributed by atoms with van der Waals surface area (Å²) in [5.74, 6) is 1.31. The zero-order chi connectivity index (χ0) is 12.1. The van der Waals surface area contributed by atoms with Crippen molar-refractivity contribution < 1.29 is 4.21 Å². The molecule has 90 valence electrons. The van der Waals surface area contributed by atoms with E-state index in [4.69, 9.17) is 5.73 Å². The number of aryl methyl sites for hydroxylation is 2. The second kappa shape index (κ2) is 6.16. The highest BCUT2D eigenvalue weighted by Crippen LogP contribution is 2.16. The van der Waals surface area contributed by atoms with Gasteiger partial charge in [-0.2, -0.15) is 0 Å². The average Bonchev–Trinajstić information content (AvgIpc) is 2.16. The molecule has 0 spiro atoms. The second-order valence-electron chi connectivity index (χ2n) is 4.34. The molecule has 0 aromatic heterocycles. The molecular weight excluding hydrogens is 218 g/mol. The summed E-state index contributed by atoms with van der Waals surface area (Å²) in [6.07, 6.45) is 0.951. The summed E-state index contributed by atoms with van der Waals surface area (Å²) in [6, 6.07) is 6.19. The minimum absolute atomic E-state index is 0.106. The molecule has 1 aromatic carbocycles. The topological polar surface area (TPSA) is 43.1 Å². The van der Waals surface area contributed by atoms with Gasteiger partial charge in [-0.3, -0.25) is 4.21 Å². The van der Waals surface area contributed by atoms with Gasteiger partial charge < -0.3 is 5.73 Å². The Kier molecular flexibility index (Phi) is 5.16. The highest BCUT2D eigenvalue weighted by Gasteiger charge is 2.10. The molecule has 0 aliphatic rings. The number of hydrogen-bond acceptors (Lipinski definition) is 2. The molecule has 0 aliphatic heterocycles. The zero-order valence-corrected chi connectivity index (χ0v) is 11.1. The predicted molar refractivity (Wildman–Crippen MR) is 71.0 cm³/mol. The molecule has 0 fully saturated rings. The van der Waals surface area contributed by atoms with Crippen LogP contribution in [0.1, 0.15) is 36.1 Å². The highest BCUT2D eigenvalue weighted by molar-refractivity contribution is 7.85. The highest BCUT2D eigenvalue weighted by atomic mass is 32.2. The Morgan fingerprint density at radius 1 is 1.25 bits per heavy atom. The van der Waals surface area contributed by atoms with Crippen LogP contribution in [0.3, 0.4) is 0 Å². The van der Waals surface area contributed by atoms with Crippen molar-refractivity contribution in [2.45, 2.75) is 33.2 Å². The van der Waals surface area contributed by atoms with E-state index in [0.29, 0.717) is 5.75 Å². The molecule has 3 heteroatoms. The Morgan fingerprint density at radius 3 is 2.31 bits per heavy atom. The van der Waals surface area contributed by atoms with Gasteiger partial charge >= 0.3 is 0 Å². The number of nitrogens with two attached hydrogens (primary N) is 1. The Balaban J connectivity index is 2.72. The normalized spacial score (nSPS) is 14.8. The zero-order valence-electron chi connectivity index (χ0n) is 10.3. The van der Waals surface area contributed by atoms with Crippen LogP contribution < -0.4 is 5.73 Å². The fourth-order valence-corrected chi connectivity index (χ4v) is 3.05. The largest absolute Gasteiger partial charge is 0.323 e. The van der Waals surface area contributed by atoms with Crippen LogP contribution in [0.25, 0.3) is 0 Å². The maximum atomic E-state index is 11.6. The van der Waals surface area contributed by atoms with Crippen LogP contribution in [0.4, 0.5) is 0 Å². The molecule has 1 aromatic rings. The van der Waals surface area contributed by atoms with Gasteiger partial charge in [0.15, 0.2) is 0 Å². The van der Waals surface area contributed by atoms with Crippen molar-refractivity contribution in [1.29, 1.82) is 0 Å². The van der Waals surface area contributed by atoms with Gasteiger partial charge in [0.05, 0.1) is 0 Å². The summed E-state index contributed by atoms with van der Waals surface area (Å²) in [6.45, 7) is 6.17. The van der Waals surface area contributed by atoms with Crippen LogP contribution >= 0.6 is 0 Å². The SMILES string of the molecule is CCCS(=O)CC(N)c1cc(C)cc(C)c1. The minimum atomic E-state index is -0.789. The van der Waals surface area contributed by atoms with E-state index < -0.39 is 10.8 Å². The van der Waals surface area contributed by atoms with Crippen LogP contribution in [-0.4, -0.2) is 15.7 Å². The van der Waals surface area contributed by atoms with Crippen molar-refractivity contribution in [2.24, 2.45) is 5.73 Å². The number of hydrogen-bond donors (Lipinski definition) is 1. The van der Waals surface area contributed by atoms with Gasteiger partial charge in [0.25, 0.3) is 0 Å². The van der Waals surface area contributed by atoms with Crippen LogP contribution in [0.15, 0.2) is 18.2 Å². The van der Waals surface area contributed by atoms with Gasteiger partial charge in [-0.1, -0.05) is 36.2 Å².